The monoisotopic (exact) mass is 222 g/mol. The van der Waals surface area contributed by atoms with E-state index in [0.29, 0.717) is 0 Å². The maximum absolute atomic E-state index is 10.5. The fourth-order valence-corrected chi connectivity index (χ4v) is 4.05. The summed E-state index contributed by atoms with van der Waals surface area (Å²) in [5.74, 6) is 4.75. The average molecular weight is 222 g/mol. The summed E-state index contributed by atoms with van der Waals surface area (Å²) in [5.41, 5.74) is 0. The number of fused-ring (bicyclic) bond motifs is 1. The highest BCUT2D eigenvalue weighted by Gasteiger charge is 2.42. The van der Waals surface area contributed by atoms with Crippen LogP contribution in [0.2, 0.25) is 0 Å². The van der Waals surface area contributed by atoms with Gasteiger partial charge in [0.15, 0.2) is 0 Å². The van der Waals surface area contributed by atoms with Gasteiger partial charge in [-0.15, -0.1) is 0 Å². The molecule has 2 aliphatic rings. The van der Waals surface area contributed by atoms with Crippen molar-refractivity contribution in [3.05, 3.63) is 0 Å². The van der Waals surface area contributed by atoms with Crippen molar-refractivity contribution in [2.24, 2.45) is 29.6 Å². The lowest BCUT2D eigenvalue weighted by Gasteiger charge is -2.49. The molecule has 3 unspecified atom stereocenters. The molecule has 2 aliphatic carbocycles. The van der Waals surface area contributed by atoms with Crippen LogP contribution >= 0.6 is 0 Å². The molecule has 0 amide bonds. The first-order valence-electron chi connectivity index (χ1n) is 7.14. The van der Waals surface area contributed by atoms with Crippen molar-refractivity contribution in [1.82, 2.24) is 0 Å². The van der Waals surface area contributed by atoms with Crippen molar-refractivity contribution in [3.8, 4) is 0 Å². The minimum atomic E-state index is 0.788. The molecule has 2 fully saturated rings. The molecule has 0 saturated heterocycles. The van der Waals surface area contributed by atoms with Crippen LogP contribution in [0.5, 0.6) is 0 Å². The predicted molar refractivity (Wildman–Crippen MR) is 67.2 cm³/mol. The molecular weight excluding hydrogens is 196 g/mol. The Hall–Kier alpha value is -0.330. The zero-order valence-electron chi connectivity index (χ0n) is 10.8. The van der Waals surface area contributed by atoms with Crippen LogP contribution in [-0.2, 0) is 4.79 Å². The number of hydrogen-bond acceptors (Lipinski definition) is 1. The van der Waals surface area contributed by atoms with Crippen molar-refractivity contribution >= 4 is 6.29 Å². The van der Waals surface area contributed by atoms with Gasteiger partial charge in [-0.1, -0.05) is 13.8 Å². The van der Waals surface area contributed by atoms with E-state index in [9.17, 15) is 4.79 Å². The van der Waals surface area contributed by atoms with Gasteiger partial charge in [0.05, 0.1) is 0 Å². The molecule has 0 aromatic rings. The van der Waals surface area contributed by atoms with E-state index in [4.69, 9.17) is 0 Å². The summed E-state index contributed by atoms with van der Waals surface area (Å²) >= 11 is 0. The quantitative estimate of drug-likeness (QED) is 0.641. The van der Waals surface area contributed by atoms with E-state index >= 15 is 0 Å². The van der Waals surface area contributed by atoms with Crippen molar-refractivity contribution < 1.29 is 4.79 Å². The van der Waals surface area contributed by atoms with Crippen molar-refractivity contribution in [3.63, 3.8) is 0 Å². The summed E-state index contributed by atoms with van der Waals surface area (Å²) in [6, 6.07) is 0. The topological polar surface area (TPSA) is 17.1 Å². The largest absolute Gasteiger partial charge is 0.303 e. The Balaban J connectivity index is 1.87. The standard InChI is InChI=1S/C15H26O/c1-11(2)8-14-10-12(4-3-7-16)9-13-5-6-15(13)14/h7,11-15H,3-6,8-10H2,1-2H3/t12?,13?,14?,15-/m0/s1. The lowest BCUT2D eigenvalue weighted by atomic mass is 9.56. The molecule has 0 aromatic heterocycles. The lowest BCUT2D eigenvalue weighted by Crippen LogP contribution is -2.40. The molecular formula is C15H26O. The van der Waals surface area contributed by atoms with Gasteiger partial charge in [-0.3, -0.25) is 0 Å². The van der Waals surface area contributed by atoms with Gasteiger partial charge in [-0.05, 0) is 68.1 Å². The third kappa shape index (κ3) is 2.67. The molecule has 2 saturated carbocycles. The Kier molecular flexibility index (Phi) is 4.05. The SMILES string of the molecule is CC(C)CC1CC(CCC=O)CC2CC[C@@H]21. The second kappa shape index (κ2) is 5.33. The predicted octanol–water partition coefficient (Wildman–Crippen LogP) is 4.06. The summed E-state index contributed by atoms with van der Waals surface area (Å²) in [6.45, 7) is 4.70. The number of carbonyl (C=O) groups excluding carboxylic acids is 1. The Labute approximate surface area is 100.0 Å². The average Bonchev–Trinajstić information content (AvgIpc) is 2.17. The fraction of sp³-hybridized carbons (Fsp3) is 0.933. The Bertz CT molecular complexity index is 234. The van der Waals surface area contributed by atoms with Crippen LogP contribution in [0.25, 0.3) is 0 Å². The van der Waals surface area contributed by atoms with E-state index in [1.807, 2.05) is 0 Å². The smallest absolute Gasteiger partial charge is 0.120 e. The highest BCUT2D eigenvalue weighted by atomic mass is 16.1. The third-order valence-electron chi connectivity index (χ3n) is 4.82. The zero-order chi connectivity index (χ0) is 11.5. The Morgan fingerprint density at radius 3 is 2.62 bits per heavy atom. The first-order chi connectivity index (χ1) is 7.70. The molecule has 0 bridgehead atoms. The molecule has 92 valence electrons. The molecule has 0 N–H and O–H groups in total. The minimum absolute atomic E-state index is 0.788. The number of rotatable bonds is 5. The van der Waals surface area contributed by atoms with Gasteiger partial charge in [-0.25, -0.2) is 0 Å². The number of aldehydes is 1. The highest BCUT2D eigenvalue weighted by molar-refractivity contribution is 5.49. The van der Waals surface area contributed by atoms with Crippen LogP contribution in [0.15, 0.2) is 0 Å². The van der Waals surface area contributed by atoms with Crippen molar-refractivity contribution in [2.45, 2.75) is 58.8 Å². The summed E-state index contributed by atoms with van der Waals surface area (Å²) in [7, 11) is 0. The summed E-state index contributed by atoms with van der Waals surface area (Å²) in [6.07, 6.45) is 10.3. The molecule has 16 heavy (non-hydrogen) atoms. The van der Waals surface area contributed by atoms with E-state index < -0.39 is 0 Å². The minimum Gasteiger partial charge on any atom is -0.303 e. The molecule has 1 heteroatoms. The van der Waals surface area contributed by atoms with Gasteiger partial charge < -0.3 is 4.79 Å². The van der Waals surface area contributed by atoms with E-state index in [2.05, 4.69) is 13.8 Å². The Morgan fingerprint density at radius 1 is 1.25 bits per heavy atom. The van der Waals surface area contributed by atoms with Gasteiger partial charge in [0, 0.05) is 6.42 Å². The second-order valence-corrected chi connectivity index (χ2v) is 6.47. The van der Waals surface area contributed by atoms with Crippen molar-refractivity contribution in [1.29, 1.82) is 0 Å². The number of hydrogen-bond donors (Lipinski definition) is 0. The zero-order valence-corrected chi connectivity index (χ0v) is 10.8. The first-order valence-corrected chi connectivity index (χ1v) is 7.14. The molecule has 0 aromatic carbocycles. The molecule has 0 radical (unpaired) electrons. The Morgan fingerprint density at radius 2 is 2.06 bits per heavy atom. The molecule has 0 heterocycles. The van der Waals surface area contributed by atoms with Gasteiger partial charge in [0.2, 0.25) is 0 Å². The van der Waals surface area contributed by atoms with E-state index in [0.717, 1.165) is 48.7 Å². The molecule has 1 nitrogen and oxygen atoms in total. The summed E-state index contributed by atoms with van der Waals surface area (Å²) in [4.78, 5) is 10.5. The highest BCUT2D eigenvalue weighted by Crippen LogP contribution is 2.52. The van der Waals surface area contributed by atoms with Gasteiger partial charge in [0.1, 0.15) is 6.29 Å². The number of carbonyl (C=O) groups is 1. The van der Waals surface area contributed by atoms with Crippen LogP contribution in [-0.4, -0.2) is 6.29 Å². The maximum atomic E-state index is 10.5. The van der Waals surface area contributed by atoms with E-state index in [1.54, 1.807) is 0 Å². The first kappa shape index (κ1) is 12.1. The molecule has 0 aliphatic heterocycles. The second-order valence-electron chi connectivity index (χ2n) is 6.47. The van der Waals surface area contributed by atoms with Gasteiger partial charge in [0.25, 0.3) is 0 Å². The van der Waals surface area contributed by atoms with Crippen LogP contribution in [0.3, 0.4) is 0 Å². The lowest BCUT2D eigenvalue weighted by molar-refractivity contribution is -0.108. The van der Waals surface area contributed by atoms with E-state index in [1.165, 1.54) is 32.1 Å². The van der Waals surface area contributed by atoms with Crippen LogP contribution in [0, 0.1) is 29.6 Å². The maximum Gasteiger partial charge on any atom is 0.120 e. The van der Waals surface area contributed by atoms with E-state index in [-0.39, 0.29) is 0 Å². The van der Waals surface area contributed by atoms with Crippen LogP contribution in [0.1, 0.15) is 58.8 Å². The van der Waals surface area contributed by atoms with Crippen molar-refractivity contribution in [2.75, 3.05) is 0 Å². The summed E-state index contributed by atoms with van der Waals surface area (Å²) < 4.78 is 0. The summed E-state index contributed by atoms with van der Waals surface area (Å²) in [5, 5.41) is 0. The molecule has 0 spiro atoms. The van der Waals surface area contributed by atoms with Gasteiger partial charge >= 0.3 is 0 Å². The molecule has 2 rings (SSSR count). The van der Waals surface area contributed by atoms with Crippen LogP contribution < -0.4 is 0 Å². The normalized spacial score (nSPS) is 37.9. The van der Waals surface area contributed by atoms with Gasteiger partial charge in [-0.2, -0.15) is 0 Å². The third-order valence-corrected chi connectivity index (χ3v) is 4.82. The van der Waals surface area contributed by atoms with Crippen LogP contribution in [0.4, 0.5) is 0 Å². The fourth-order valence-electron chi connectivity index (χ4n) is 4.05. The molecule has 4 atom stereocenters.